The summed E-state index contributed by atoms with van der Waals surface area (Å²) in [5.41, 5.74) is 0. The first kappa shape index (κ1) is 14.9. The van der Waals surface area contributed by atoms with Gasteiger partial charge in [0, 0.05) is 0 Å². The summed E-state index contributed by atoms with van der Waals surface area (Å²) in [5, 5.41) is 12.0. The molecule has 1 amide bonds. The highest BCUT2D eigenvalue weighted by atomic mass is 16.5. The number of carbonyl (C=O) groups excluding carboxylic acids is 2. The average Bonchev–Trinajstić information content (AvgIpc) is 2.23. The van der Waals surface area contributed by atoms with E-state index < -0.39 is 24.0 Å². The first-order chi connectivity index (χ1) is 7.42. The number of esters is 1. The lowest BCUT2D eigenvalue weighted by molar-refractivity contribution is -0.146. The number of methoxy groups -OCH3 is 1. The molecular weight excluding hydrogens is 210 g/mol. The number of nitrogens with one attached hydrogen (secondary N) is 1. The van der Waals surface area contributed by atoms with E-state index >= 15 is 0 Å². The third-order valence-corrected chi connectivity index (χ3v) is 2.21. The van der Waals surface area contributed by atoms with Crippen molar-refractivity contribution in [3.63, 3.8) is 0 Å². The molecule has 0 aromatic heterocycles. The topological polar surface area (TPSA) is 75.6 Å². The van der Waals surface area contributed by atoms with Gasteiger partial charge in [0.05, 0.1) is 7.11 Å². The van der Waals surface area contributed by atoms with Crippen LogP contribution in [-0.2, 0) is 14.3 Å². The van der Waals surface area contributed by atoms with Crippen LogP contribution in [0.4, 0.5) is 0 Å². The standard InChI is InChI=1S/C11H21NO4/c1-5-8(11(15)16-4)12-10(14)9(13)6-7(2)3/h7-9,13H,5-6H2,1-4H3,(H,12,14)/t8-,9-/m1/s1. The number of ether oxygens (including phenoxy) is 1. The molecule has 0 saturated carbocycles. The van der Waals surface area contributed by atoms with Crippen LogP contribution in [0.25, 0.3) is 0 Å². The van der Waals surface area contributed by atoms with E-state index in [1.54, 1.807) is 6.92 Å². The Labute approximate surface area is 96.2 Å². The number of aliphatic hydroxyl groups is 1. The highest BCUT2D eigenvalue weighted by Gasteiger charge is 2.23. The van der Waals surface area contributed by atoms with Crippen molar-refractivity contribution in [3.8, 4) is 0 Å². The smallest absolute Gasteiger partial charge is 0.328 e. The van der Waals surface area contributed by atoms with Gasteiger partial charge in [-0.1, -0.05) is 20.8 Å². The molecule has 0 saturated heterocycles. The molecule has 0 aromatic carbocycles. The molecule has 0 unspecified atom stereocenters. The van der Waals surface area contributed by atoms with Gasteiger partial charge in [0.25, 0.3) is 0 Å². The molecule has 0 aliphatic carbocycles. The van der Waals surface area contributed by atoms with E-state index in [2.05, 4.69) is 10.1 Å². The van der Waals surface area contributed by atoms with E-state index in [-0.39, 0.29) is 5.92 Å². The molecular formula is C11H21NO4. The Morgan fingerprint density at radius 2 is 1.94 bits per heavy atom. The molecule has 0 rings (SSSR count). The second kappa shape index (κ2) is 7.22. The maximum atomic E-state index is 11.5. The van der Waals surface area contributed by atoms with Crippen LogP contribution in [0.1, 0.15) is 33.6 Å². The summed E-state index contributed by atoms with van der Waals surface area (Å²) in [7, 11) is 1.27. The van der Waals surface area contributed by atoms with Crippen molar-refractivity contribution in [1.82, 2.24) is 5.32 Å². The van der Waals surface area contributed by atoms with E-state index in [1.165, 1.54) is 7.11 Å². The van der Waals surface area contributed by atoms with Crippen LogP contribution in [-0.4, -0.2) is 36.2 Å². The van der Waals surface area contributed by atoms with Gasteiger partial charge in [-0.25, -0.2) is 4.79 Å². The van der Waals surface area contributed by atoms with E-state index in [1.807, 2.05) is 13.8 Å². The van der Waals surface area contributed by atoms with Gasteiger partial charge >= 0.3 is 5.97 Å². The van der Waals surface area contributed by atoms with Crippen LogP contribution in [0.15, 0.2) is 0 Å². The molecule has 0 fully saturated rings. The summed E-state index contributed by atoms with van der Waals surface area (Å²) in [6.07, 6.45) is -0.255. The van der Waals surface area contributed by atoms with Gasteiger partial charge in [0.2, 0.25) is 5.91 Å². The van der Waals surface area contributed by atoms with Gasteiger partial charge in [0.15, 0.2) is 0 Å². The summed E-state index contributed by atoms with van der Waals surface area (Å²) in [6, 6.07) is -0.681. The van der Waals surface area contributed by atoms with Gasteiger partial charge in [-0.05, 0) is 18.8 Å². The third kappa shape index (κ3) is 5.11. The number of amides is 1. The van der Waals surface area contributed by atoms with Crippen LogP contribution in [0, 0.1) is 5.92 Å². The molecule has 16 heavy (non-hydrogen) atoms. The van der Waals surface area contributed by atoms with E-state index in [0.29, 0.717) is 12.8 Å². The van der Waals surface area contributed by atoms with Crippen molar-refractivity contribution in [1.29, 1.82) is 0 Å². The summed E-state index contributed by atoms with van der Waals surface area (Å²) < 4.78 is 4.53. The Bertz CT molecular complexity index is 240. The molecule has 0 spiro atoms. The van der Waals surface area contributed by atoms with Crippen molar-refractivity contribution in [2.75, 3.05) is 7.11 Å². The van der Waals surface area contributed by atoms with Crippen molar-refractivity contribution in [2.45, 2.75) is 45.8 Å². The Morgan fingerprint density at radius 3 is 2.31 bits per heavy atom. The monoisotopic (exact) mass is 231 g/mol. The molecule has 0 aliphatic heterocycles. The molecule has 0 bridgehead atoms. The van der Waals surface area contributed by atoms with Crippen LogP contribution >= 0.6 is 0 Å². The zero-order valence-electron chi connectivity index (χ0n) is 10.3. The van der Waals surface area contributed by atoms with Crippen LogP contribution in [0.5, 0.6) is 0 Å². The highest BCUT2D eigenvalue weighted by Crippen LogP contribution is 2.05. The van der Waals surface area contributed by atoms with E-state index in [4.69, 9.17) is 0 Å². The second-order valence-corrected chi connectivity index (χ2v) is 4.14. The quantitative estimate of drug-likeness (QED) is 0.651. The molecule has 0 aliphatic rings. The number of carbonyl (C=O) groups is 2. The minimum absolute atomic E-state index is 0.221. The van der Waals surface area contributed by atoms with Gasteiger partial charge < -0.3 is 15.2 Å². The normalized spacial score (nSPS) is 14.4. The summed E-state index contributed by atoms with van der Waals surface area (Å²) in [5.74, 6) is -0.794. The molecule has 0 heterocycles. The maximum absolute atomic E-state index is 11.5. The molecule has 94 valence electrons. The predicted octanol–water partition coefficient (Wildman–Crippen LogP) is 0.461. The van der Waals surface area contributed by atoms with Crippen LogP contribution < -0.4 is 5.32 Å². The number of aliphatic hydroxyl groups excluding tert-OH is 1. The van der Waals surface area contributed by atoms with Crippen molar-refractivity contribution < 1.29 is 19.4 Å². The van der Waals surface area contributed by atoms with Crippen LogP contribution in [0.3, 0.4) is 0 Å². The zero-order valence-corrected chi connectivity index (χ0v) is 10.3. The van der Waals surface area contributed by atoms with Crippen molar-refractivity contribution in [2.24, 2.45) is 5.92 Å². The predicted molar refractivity (Wildman–Crippen MR) is 59.7 cm³/mol. The highest BCUT2D eigenvalue weighted by molar-refractivity contribution is 5.86. The zero-order chi connectivity index (χ0) is 12.7. The van der Waals surface area contributed by atoms with Crippen molar-refractivity contribution in [3.05, 3.63) is 0 Å². The van der Waals surface area contributed by atoms with E-state index in [0.717, 1.165) is 0 Å². The lowest BCUT2D eigenvalue weighted by Crippen LogP contribution is -2.45. The molecule has 0 aromatic rings. The first-order valence-corrected chi connectivity index (χ1v) is 5.48. The minimum atomic E-state index is -1.07. The Balaban J connectivity index is 4.24. The molecule has 2 atom stereocenters. The lowest BCUT2D eigenvalue weighted by Gasteiger charge is -2.18. The van der Waals surface area contributed by atoms with E-state index in [9.17, 15) is 14.7 Å². The average molecular weight is 231 g/mol. The fraction of sp³-hybridized carbons (Fsp3) is 0.818. The molecule has 2 N–H and O–H groups in total. The maximum Gasteiger partial charge on any atom is 0.328 e. The molecule has 0 radical (unpaired) electrons. The van der Waals surface area contributed by atoms with Crippen molar-refractivity contribution >= 4 is 11.9 Å². The Morgan fingerprint density at radius 1 is 1.38 bits per heavy atom. The summed E-state index contributed by atoms with van der Waals surface area (Å²) in [4.78, 5) is 22.7. The summed E-state index contributed by atoms with van der Waals surface area (Å²) >= 11 is 0. The minimum Gasteiger partial charge on any atom is -0.467 e. The Kier molecular flexibility index (Phi) is 6.72. The fourth-order valence-corrected chi connectivity index (χ4v) is 1.29. The summed E-state index contributed by atoms with van der Waals surface area (Å²) in [6.45, 7) is 5.58. The van der Waals surface area contributed by atoms with Gasteiger partial charge in [-0.3, -0.25) is 4.79 Å². The fourth-order valence-electron chi connectivity index (χ4n) is 1.29. The number of hydrogen-bond donors (Lipinski definition) is 2. The Hall–Kier alpha value is -1.10. The lowest BCUT2D eigenvalue weighted by atomic mass is 10.1. The third-order valence-electron chi connectivity index (χ3n) is 2.21. The SMILES string of the molecule is CC[C@@H](NC(=O)[C@H](O)CC(C)C)C(=O)OC. The van der Waals surface area contributed by atoms with Gasteiger partial charge in [-0.2, -0.15) is 0 Å². The number of rotatable bonds is 6. The number of hydrogen-bond acceptors (Lipinski definition) is 4. The molecule has 5 nitrogen and oxygen atoms in total. The largest absolute Gasteiger partial charge is 0.467 e. The molecule has 5 heteroatoms. The second-order valence-electron chi connectivity index (χ2n) is 4.14. The first-order valence-electron chi connectivity index (χ1n) is 5.48. The van der Waals surface area contributed by atoms with Crippen LogP contribution in [0.2, 0.25) is 0 Å². The van der Waals surface area contributed by atoms with Gasteiger partial charge in [0.1, 0.15) is 12.1 Å². The van der Waals surface area contributed by atoms with Gasteiger partial charge in [-0.15, -0.1) is 0 Å².